The van der Waals surface area contributed by atoms with Gasteiger partial charge >= 0.3 is 0 Å². The SMILES string of the molecule is [C-]#[N+]C[C@H]1C[C@@H]1C(=O)Nc1cc2cc(Cl)nc(N)c2cn1. The minimum Gasteiger partial charge on any atom is -0.383 e. The van der Waals surface area contributed by atoms with Crippen LogP contribution in [0.2, 0.25) is 5.15 Å². The van der Waals surface area contributed by atoms with Gasteiger partial charge in [0, 0.05) is 23.4 Å². The van der Waals surface area contributed by atoms with Crippen LogP contribution in [0.15, 0.2) is 18.3 Å². The number of nitrogen functional groups attached to an aromatic ring is 1. The van der Waals surface area contributed by atoms with E-state index in [4.69, 9.17) is 23.9 Å². The molecule has 0 aromatic carbocycles. The topological polar surface area (TPSA) is 85.3 Å². The molecular weight excluding hydrogens is 290 g/mol. The Bertz CT molecular complexity index is 770. The number of anilines is 2. The molecule has 2 aromatic rings. The van der Waals surface area contributed by atoms with Gasteiger partial charge in [0.2, 0.25) is 12.5 Å². The van der Waals surface area contributed by atoms with E-state index >= 15 is 0 Å². The predicted octanol–water partition coefficient (Wildman–Crippen LogP) is 2.36. The fourth-order valence-electron chi connectivity index (χ4n) is 2.32. The highest BCUT2D eigenvalue weighted by Crippen LogP contribution is 2.39. The Balaban J connectivity index is 1.79. The second-order valence-electron chi connectivity index (χ2n) is 5.05. The highest BCUT2D eigenvalue weighted by molar-refractivity contribution is 6.30. The maximum Gasteiger partial charge on any atom is 0.229 e. The van der Waals surface area contributed by atoms with Crippen molar-refractivity contribution in [1.82, 2.24) is 9.97 Å². The Kier molecular flexibility index (Phi) is 3.35. The van der Waals surface area contributed by atoms with Crippen molar-refractivity contribution in [2.45, 2.75) is 6.42 Å². The first-order valence-electron chi connectivity index (χ1n) is 6.44. The van der Waals surface area contributed by atoms with Crippen molar-refractivity contribution in [3.05, 3.63) is 34.9 Å². The number of hydrogen-bond acceptors (Lipinski definition) is 4. The minimum absolute atomic E-state index is 0.0808. The third-order valence-corrected chi connectivity index (χ3v) is 3.74. The molecule has 2 aromatic heterocycles. The van der Waals surface area contributed by atoms with Crippen molar-refractivity contribution in [3.63, 3.8) is 0 Å². The lowest BCUT2D eigenvalue weighted by Crippen LogP contribution is -2.16. The molecule has 1 aliphatic rings. The van der Waals surface area contributed by atoms with Gasteiger partial charge in [-0.05, 0) is 23.9 Å². The summed E-state index contributed by atoms with van der Waals surface area (Å²) in [5.74, 6) is 0.758. The van der Waals surface area contributed by atoms with Crippen LogP contribution in [-0.4, -0.2) is 22.4 Å². The summed E-state index contributed by atoms with van der Waals surface area (Å²) in [4.78, 5) is 23.4. The zero-order valence-electron chi connectivity index (χ0n) is 11.0. The van der Waals surface area contributed by atoms with Gasteiger partial charge in [-0.2, -0.15) is 0 Å². The molecule has 1 saturated carbocycles. The van der Waals surface area contributed by atoms with E-state index in [9.17, 15) is 4.79 Å². The molecule has 0 aliphatic heterocycles. The van der Waals surface area contributed by atoms with E-state index in [0.717, 1.165) is 11.8 Å². The second-order valence-corrected chi connectivity index (χ2v) is 5.44. The Hall–Kier alpha value is -2.39. The van der Waals surface area contributed by atoms with Crippen LogP contribution in [-0.2, 0) is 4.79 Å². The average molecular weight is 302 g/mol. The van der Waals surface area contributed by atoms with E-state index in [0.29, 0.717) is 28.7 Å². The predicted molar refractivity (Wildman–Crippen MR) is 80.7 cm³/mol. The lowest BCUT2D eigenvalue weighted by atomic mass is 10.2. The lowest BCUT2D eigenvalue weighted by molar-refractivity contribution is -0.117. The van der Waals surface area contributed by atoms with Gasteiger partial charge in [0.05, 0.1) is 0 Å². The number of nitrogens with one attached hydrogen (secondary N) is 1. The summed E-state index contributed by atoms with van der Waals surface area (Å²) in [5.41, 5.74) is 5.77. The fraction of sp³-hybridized carbons (Fsp3) is 0.286. The van der Waals surface area contributed by atoms with Crippen LogP contribution in [0.4, 0.5) is 11.6 Å². The zero-order valence-corrected chi connectivity index (χ0v) is 11.8. The summed E-state index contributed by atoms with van der Waals surface area (Å²) in [5, 5.41) is 4.52. The molecule has 3 N–H and O–H groups in total. The first-order valence-corrected chi connectivity index (χ1v) is 6.82. The number of rotatable bonds is 3. The molecule has 1 amide bonds. The Morgan fingerprint density at radius 2 is 2.38 bits per heavy atom. The Morgan fingerprint density at radius 1 is 1.57 bits per heavy atom. The van der Waals surface area contributed by atoms with Crippen molar-refractivity contribution >= 4 is 39.9 Å². The third kappa shape index (κ3) is 2.73. The Morgan fingerprint density at radius 3 is 3.14 bits per heavy atom. The molecule has 2 atom stereocenters. The third-order valence-electron chi connectivity index (χ3n) is 3.55. The molecule has 7 heteroatoms. The Labute approximate surface area is 126 Å². The number of nitrogens with zero attached hydrogens (tertiary/aromatic N) is 3. The molecule has 0 bridgehead atoms. The van der Waals surface area contributed by atoms with Crippen LogP contribution in [0.1, 0.15) is 6.42 Å². The van der Waals surface area contributed by atoms with Crippen LogP contribution in [0.3, 0.4) is 0 Å². The first-order chi connectivity index (χ1) is 10.1. The quantitative estimate of drug-likeness (QED) is 0.673. The maximum absolute atomic E-state index is 12.0. The van der Waals surface area contributed by atoms with E-state index in [1.54, 1.807) is 18.3 Å². The smallest absolute Gasteiger partial charge is 0.229 e. The molecule has 6 nitrogen and oxygen atoms in total. The number of carbonyl (C=O) groups excluding carboxylic acids is 1. The van der Waals surface area contributed by atoms with E-state index < -0.39 is 0 Å². The summed E-state index contributed by atoms with van der Waals surface area (Å²) in [6.07, 6.45) is 2.33. The van der Waals surface area contributed by atoms with Gasteiger partial charge in [-0.15, -0.1) is 0 Å². The molecular formula is C14H12ClN5O. The van der Waals surface area contributed by atoms with Crippen LogP contribution in [0, 0.1) is 18.4 Å². The van der Waals surface area contributed by atoms with Crippen molar-refractivity contribution in [1.29, 1.82) is 0 Å². The van der Waals surface area contributed by atoms with Gasteiger partial charge in [0.15, 0.2) is 0 Å². The summed E-state index contributed by atoms with van der Waals surface area (Å²) in [6.45, 7) is 7.21. The van der Waals surface area contributed by atoms with Crippen molar-refractivity contribution in [3.8, 4) is 0 Å². The van der Waals surface area contributed by atoms with Crippen LogP contribution in [0.25, 0.3) is 15.6 Å². The van der Waals surface area contributed by atoms with Crippen molar-refractivity contribution in [2.24, 2.45) is 11.8 Å². The van der Waals surface area contributed by atoms with Gasteiger partial charge in [-0.25, -0.2) is 16.5 Å². The number of amides is 1. The summed E-state index contributed by atoms with van der Waals surface area (Å²) >= 11 is 5.87. The van der Waals surface area contributed by atoms with E-state index in [-0.39, 0.29) is 17.7 Å². The number of aromatic nitrogens is 2. The van der Waals surface area contributed by atoms with Gasteiger partial charge in [-0.1, -0.05) is 11.6 Å². The number of halogens is 1. The van der Waals surface area contributed by atoms with Crippen LogP contribution < -0.4 is 11.1 Å². The number of hydrogen-bond donors (Lipinski definition) is 2. The van der Waals surface area contributed by atoms with Gasteiger partial charge in [0.1, 0.15) is 16.8 Å². The van der Waals surface area contributed by atoms with Gasteiger partial charge < -0.3 is 15.9 Å². The normalized spacial score (nSPS) is 20.0. The van der Waals surface area contributed by atoms with E-state index in [2.05, 4.69) is 20.1 Å². The average Bonchev–Trinajstić information content (AvgIpc) is 3.18. The zero-order chi connectivity index (χ0) is 15.0. The molecule has 1 aliphatic carbocycles. The van der Waals surface area contributed by atoms with E-state index in [1.165, 1.54) is 0 Å². The number of nitrogens with two attached hydrogens (primary N) is 1. The van der Waals surface area contributed by atoms with E-state index in [1.807, 2.05) is 0 Å². The second kappa shape index (κ2) is 5.19. The molecule has 0 saturated heterocycles. The number of pyridine rings is 2. The number of fused-ring (bicyclic) bond motifs is 1. The molecule has 0 unspecified atom stereocenters. The van der Waals surface area contributed by atoms with Gasteiger partial charge in [0.25, 0.3) is 0 Å². The lowest BCUT2D eigenvalue weighted by Gasteiger charge is -2.06. The molecule has 3 rings (SSSR count). The molecule has 1 fully saturated rings. The minimum atomic E-state index is -0.0939. The highest BCUT2D eigenvalue weighted by Gasteiger charge is 2.45. The maximum atomic E-state index is 12.0. The summed E-state index contributed by atoms with van der Waals surface area (Å²) in [7, 11) is 0. The summed E-state index contributed by atoms with van der Waals surface area (Å²) in [6, 6.07) is 3.38. The first kappa shape index (κ1) is 13.6. The monoisotopic (exact) mass is 301 g/mol. The molecule has 0 spiro atoms. The van der Waals surface area contributed by atoms with Gasteiger partial charge in [-0.3, -0.25) is 4.79 Å². The fourth-order valence-corrected chi connectivity index (χ4v) is 2.52. The molecule has 2 heterocycles. The van der Waals surface area contributed by atoms with Crippen molar-refractivity contribution < 1.29 is 4.79 Å². The summed E-state index contributed by atoms with van der Waals surface area (Å²) < 4.78 is 0. The molecule has 0 radical (unpaired) electrons. The van der Waals surface area contributed by atoms with Crippen molar-refractivity contribution in [2.75, 3.05) is 17.6 Å². The number of carbonyl (C=O) groups is 1. The highest BCUT2D eigenvalue weighted by atomic mass is 35.5. The van der Waals surface area contributed by atoms with Crippen LogP contribution in [0.5, 0.6) is 0 Å². The molecule has 21 heavy (non-hydrogen) atoms. The molecule has 106 valence electrons. The largest absolute Gasteiger partial charge is 0.383 e. The standard InChI is InChI=1S/C14H12ClN5O/c1-17-5-8-2-9(8)14(21)20-12-4-7-3-11(15)19-13(16)10(7)6-18-12/h3-4,6,8-9H,2,5H2,(H2,16,19)(H,18,20,21)/t8-,9+/m1/s1. The van der Waals surface area contributed by atoms with Crippen LogP contribution >= 0.6 is 11.6 Å².